The van der Waals surface area contributed by atoms with Gasteiger partial charge in [-0.2, -0.15) is 0 Å². The minimum Gasteiger partial charge on any atom is -0.0649 e. The van der Waals surface area contributed by atoms with Crippen LogP contribution in [0.3, 0.4) is 0 Å². The topological polar surface area (TPSA) is 0 Å². The first-order valence-electron chi connectivity index (χ1n) is 5.58. The molecule has 0 bridgehead atoms. The third-order valence-corrected chi connectivity index (χ3v) is 4.85. The van der Waals surface area contributed by atoms with E-state index in [0.717, 1.165) is 29.1 Å². The molecule has 0 spiro atoms. The van der Waals surface area contributed by atoms with Gasteiger partial charge in [-0.1, -0.05) is 34.1 Å². The maximum absolute atomic E-state index is 2.49. The van der Waals surface area contributed by atoms with Crippen LogP contribution in [0.2, 0.25) is 0 Å². The van der Waals surface area contributed by atoms with E-state index in [-0.39, 0.29) is 0 Å². The Morgan fingerprint density at radius 1 is 1.42 bits per heavy atom. The molecule has 0 amide bonds. The zero-order chi connectivity index (χ0) is 8.93. The number of hydrogen-bond donors (Lipinski definition) is 0. The first-order chi connectivity index (χ1) is 5.58. The van der Waals surface area contributed by atoms with Crippen LogP contribution in [-0.2, 0) is 0 Å². The molecule has 2 aliphatic carbocycles. The van der Waals surface area contributed by atoms with E-state index in [9.17, 15) is 0 Å². The molecule has 4 atom stereocenters. The third kappa shape index (κ3) is 0.900. The van der Waals surface area contributed by atoms with Gasteiger partial charge in [-0.05, 0) is 41.9 Å². The molecule has 0 aromatic carbocycles. The molecule has 0 radical (unpaired) electrons. The molecule has 0 aromatic rings. The predicted octanol–water partition coefficient (Wildman–Crippen LogP) is 3.71. The summed E-state index contributed by atoms with van der Waals surface area (Å²) in [5, 5.41) is 0. The number of hydrogen-bond acceptors (Lipinski definition) is 0. The molecule has 2 fully saturated rings. The van der Waals surface area contributed by atoms with Gasteiger partial charge in [0.15, 0.2) is 0 Å². The van der Waals surface area contributed by atoms with Crippen molar-refractivity contribution in [3.8, 4) is 0 Å². The molecule has 2 aliphatic rings. The summed E-state index contributed by atoms with van der Waals surface area (Å²) in [5.41, 5.74) is 0.746. The molecule has 2 saturated carbocycles. The molecule has 0 aromatic heterocycles. The lowest BCUT2D eigenvalue weighted by atomic mass is 9.39. The largest absolute Gasteiger partial charge is 0.0649 e. The lowest BCUT2D eigenvalue weighted by Gasteiger charge is -2.66. The highest BCUT2D eigenvalue weighted by atomic mass is 14.6. The van der Waals surface area contributed by atoms with Crippen LogP contribution in [0.15, 0.2) is 0 Å². The van der Waals surface area contributed by atoms with Gasteiger partial charge >= 0.3 is 0 Å². The molecule has 70 valence electrons. The molecule has 2 rings (SSSR count). The Balaban J connectivity index is 1.92. The van der Waals surface area contributed by atoms with E-state index in [1.54, 1.807) is 0 Å². The molecule has 4 unspecified atom stereocenters. The monoisotopic (exact) mass is 166 g/mol. The van der Waals surface area contributed by atoms with Gasteiger partial charge in [0.05, 0.1) is 0 Å². The normalized spacial score (nSPS) is 51.2. The van der Waals surface area contributed by atoms with Crippen molar-refractivity contribution in [2.24, 2.45) is 29.1 Å². The van der Waals surface area contributed by atoms with E-state index < -0.39 is 0 Å². The molecule has 0 aliphatic heterocycles. The second kappa shape index (κ2) is 2.49. The van der Waals surface area contributed by atoms with E-state index in [1.165, 1.54) is 19.3 Å². The SMILES string of the molecule is CCC1(C)CC2C(C(C)C)CC21. The van der Waals surface area contributed by atoms with Crippen molar-refractivity contribution >= 4 is 0 Å². The number of rotatable bonds is 2. The molecule has 0 nitrogen and oxygen atoms in total. The molecule has 0 saturated heterocycles. The first kappa shape index (κ1) is 8.59. The average Bonchev–Trinajstić information content (AvgIpc) is 1.98. The summed E-state index contributed by atoms with van der Waals surface area (Å²) in [4.78, 5) is 0. The van der Waals surface area contributed by atoms with Crippen molar-refractivity contribution in [3.05, 3.63) is 0 Å². The van der Waals surface area contributed by atoms with Gasteiger partial charge in [-0.15, -0.1) is 0 Å². The summed E-state index contributed by atoms with van der Waals surface area (Å²) in [6.45, 7) is 9.63. The van der Waals surface area contributed by atoms with Gasteiger partial charge in [0.1, 0.15) is 0 Å². The predicted molar refractivity (Wildman–Crippen MR) is 52.9 cm³/mol. The maximum atomic E-state index is 2.49. The lowest BCUT2D eigenvalue weighted by Crippen LogP contribution is -2.58. The molecule has 0 N–H and O–H groups in total. The highest BCUT2D eigenvalue weighted by molar-refractivity contribution is 5.08. The second-order valence-electron chi connectivity index (χ2n) is 5.63. The van der Waals surface area contributed by atoms with Gasteiger partial charge in [-0.25, -0.2) is 0 Å². The highest BCUT2D eigenvalue weighted by Gasteiger charge is 2.59. The molecular weight excluding hydrogens is 144 g/mol. The average molecular weight is 166 g/mol. The zero-order valence-corrected chi connectivity index (χ0v) is 8.93. The summed E-state index contributed by atoms with van der Waals surface area (Å²) in [6.07, 6.45) is 4.46. The molecular formula is C12H22. The Morgan fingerprint density at radius 2 is 2.08 bits per heavy atom. The van der Waals surface area contributed by atoms with E-state index in [1.807, 2.05) is 0 Å². The van der Waals surface area contributed by atoms with Crippen molar-refractivity contribution in [2.45, 2.75) is 47.0 Å². The van der Waals surface area contributed by atoms with E-state index in [0.29, 0.717) is 0 Å². The smallest absolute Gasteiger partial charge is 0.0294 e. The van der Waals surface area contributed by atoms with Crippen LogP contribution in [0, 0.1) is 29.1 Å². The van der Waals surface area contributed by atoms with Gasteiger partial charge in [0.25, 0.3) is 0 Å². The van der Waals surface area contributed by atoms with Gasteiger partial charge < -0.3 is 0 Å². The first-order valence-corrected chi connectivity index (χ1v) is 5.58. The minimum absolute atomic E-state index is 0.746. The van der Waals surface area contributed by atoms with Crippen molar-refractivity contribution in [3.63, 3.8) is 0 Å². The molecule has 0 heterocycles. The fourth-order valence-electron chi connectivity index (χ4n) is 3.54. The van der Waals surface area contributed by atoms with Gasteiger partial charge in [0.2, 0.25) is 0 Å². The minimum atomic E-state index is 0.746. The van der Waals surface area contributed by atoms with Crippen molar-refractivity contribution < 1.29 is 0 Å². The fraction of sp³-hybridized carbons (Fsp3) is 1.00. The Hall–Kier alpha value is 0. The second-order valence-corrected chi connectivity index (χ2v) is 5.63. The Labute approximate surface area is 76.7 Å². The fourth-order valence-corrected chi connectivity index (χ4v) is 3.54. The van der Waals surface area contributed by atoms with Gasteiger partial charge in [-0.3, -0.25) is 0 Å². The standard InChI is InChI=1S/C12H22/c1-5-12(4)7-10-9(8(2)3)6-11(10)12/h8-11H,5-7H2,1-4H3. The van der Waals surface area contributed by atoms with Crippen LogP contribution < -0.4 is 0 Å². The Bertz CT molecular complexity index is 182. The van der Waals surface area contributed by atoms with Crippen molar-refractivity contribution in [1.29, 1.82) is 0 Å². The summed E-state index contributed by atoms with van der Waals surface area (Å²) in [6, 6.07) is 0. The summed E-state index contributed by atoms with van der Waals surface area (Å²) in [7, 11) is 0. The van der Waals surface area contributed by atoms with Crippen molar-refractivity contribution in [1.82, 2.24) is 0 Å². The van der Waals surface area contributed by atoms with E-state index in [2.05, 4.69) is 27.7 Å². The Kier molecular flexibility index (Phi) is 1.79. The van der Waals surface area contributed by atoms with Gasteiger partial charge in [0, 0.05) is 0 Å². The summed E-state index contributed by atoms with van der Waals surface area (Å²) >= 11 is 0. The molecule has 0 heteroatoms. The van der Waals surface area contributed by atoms with Crippen LogP contribution in [0.1, 0.15) is 47.0 Å². The number of fused-ring (bicyclic) bond motifs is 1. The van der Waals surface area contributed by atoms with Crippen molar-refractivity contribution in [2.75, 3.05) is 0 Å². The van der Waals surface area contributed by atoms with E-state index in [4.69, 9.17) is 0 Å². The van der Waals surface area contributed by atoms with E-state index >= 15 is 0 Å². The maximum Gasteiger partial charge on any atom is -0.0294 e. The quantitative estimate of drug-likeness (QED) is 0.586. The van der Waals surface area contributed by atoms with Crippen LogP contribution in [-0.4, -0.2) is 0 Å². The Morgan fingerprint density at radius 3 is 2.42 bits per heavy atom. The third-order valence-electron chi connectivity index (χ3n) is 4.85. The van der Waals surface area contributed by atoms with Crippen LogP contribution >= 0.6 is 0 Å². The van der Waals surface area contributed by atoms with Crippen LogP contribution in [0.4, 0.5) is 0 Å². The zero-order valence-electron chi connectivity index (χ0n) is 8.93. The highest BCUT2D eigenvalue weighted by Crippen LogP contribution is 2.67. The molecule has 12 heavy (non-hydrogen) atoms. The lowest BCUT2D eigenvalue weighted by molar-refractivity contribution is -0.167. The van der Waals surface area contributed by atoms with Crippen LogP contribution in [0.5, 0.6) is 0 Å². The van der Waals surface area contributed by atoms with Crippen LogP contribution in [0.25, 0.3) is 0 Å². The summed E-state index contributed by atoms with van der Waals surface area (Å²) < 4.78 is 0. The summed E-state index contributed by atoms with van der Waals surface area (Å²) in [5.74, 6) is 4.24.